The standard InChI is InChI=1S/C16H23NO3/c18-15(14-12-8-5-6-9(7-8)13(12)14)17-11-4-2-1-3-10(11)16(19)20/h8-14H,1-7H2,(H,17,18)(H,19,20). The molecule has 0 saturated heterocycles. The van der Waals surface area contributed by atoms with Gasteiger partial charge in [0.25, 0.3) is 0 Å². The molecule has 20 heavy (non-hydrogen) atoms. The molecule has 2 N–H and O–H groups in total. The lowest BCUT2D eigenvalue weighted by atomic mass is 9.84. The number of carbonyl (C=O) groups excluding carboxylic acids is 1. The lowest BCUT2D eigenvalue weighted by molar-refractivity contribution is -0.144. The number of carboxylic acids is 1. The maximum absolute atomic E-state index is 12.5. The van der Waals surface area contributed by atoms with Gasteiger partial charge in [-0.05, 0) is 55.8 Å². The Hall–Kier alpha value is -1.06. The van der Waals surface area contributed by atoms with Crippen LogP contribution < -0.4 is 5.32 Å². The van der Waals surface area contributed by atoms with Gasteiger partial charge in [0.15, 0.2) is 0 Å². The second-order valence-corrected chi connectivity index (χ2v) is 7.36. The molecule has 4 heteroatoms. The highest BCUT2D eigenvalue weighted by Crippen LogP contribution is 2.69. The minimum atomic E-state index is -0.744. The molecule has 4 rings (SSSR count). The third-order valence-electron chi connectivity index (χ3n) is 6.45. The summed E-state index contributed by atoms with van der Waals surface area (Å²) in [5.74, 6) is 2.13. The molecular weight excluding hydrogens is 254 g/mol. The Balaban J connectivity index is 1.39. The average Bonchev–Trinajstić information content (AvgIpc) is 2.88. The number of aliphatic carboxylic acids is 1. The zero-order valence-electron chi connectivity index (χ0n) is 11.8. The minimum absolute atomic E-state index is 0.132. The van der Waals surface area contributed by atoms with E-state index < -0.39 is 5.97 Å². The topological polar surface area (TPSA) is 66.4 Å². The molecule has 4 aliphatic rings. The van der Waals surface area contributed by atoms with E-state index in [0.717, 1.165) is 31.1 Å². The molecule has 0 radical (unpaired) electrons. The van der Waals surface area contributed by atoms with Crippen LogP contribution in [-0.4, -0.2) is 23.0 Å². The van der Waals surface area contributed by atoms with Crippen LogP contribution in [0.1, 0.15) is 44.9 Å². The van der Waals surface area contributed by atoms with Gasteiger partial charge >= 0.3 is 5.97 Å². The van der Waals surface area contributed by atoms with E-state index in [1.165, 1.54) is 19.3 Å². The molecule has 6 unspecified atom stereocenters. The number of nitrogens with one attached hydrogen (secondary N) is 1. The van der Waals surface area contributed by atoms with Crippen LogP contribution >= 0.6 is 0 Å². The molecule has 1 amide bonds. The van der Waals surface area contributed by atoms with Gasteiger partial charge in [-0.3, -0.25) is 9.59 Å². The lowest BCUT2D eigenvalue weighted by Gasteiger charge is -2.29. The van der Waals surface area contributed by atoms with Gasteiger partial charge in [0, 0.05) is 12.0 Å². The predicted molar refractivity (Wildman–Crippen MR) is 72.8 cm³/mol. The maximum Gasteiger partial charge on any atom is 0.308 e. The molecule has 4 fully saturated rings. The Morgan fingerprint density at radius 2 is 1.60 bits per heavy atom. The van der Waals surface area contributed by atoms with Gasteiger partial charge in [-0.2, -0.15) is 0 Å². The first kappa shape index (κ1) is 12.7. The Labute approximate surface area is 119 Å². The van der Waals surface area contributed by atoms with Crippen molar-refractivity contribution in [3.05, 3.63) is 0 Å². The Bertz CT molecular complexity index is 433. The van der Waals surface area contributed by atoms with Crippen LogP contribution in [0.2, 0.25) is 0 Å². The number of rotatable bonds is 3. The lowest BCUT2D eigenvalue weighted by Crippen LogP contribution is -2.46. The molecule has 6 atom stereocenters. The van der Waals surface area contributed by atoms with Crippen LogP contribution in [0.15, 0.2) is 0 Å². The van der Waals surface area contributed by atoms with Crippen molar-refractivity contribution < 1.29 is 14.7 Å². The average molecular weight is 277 g/mol. The van der Waals surface area contributed by atoms with Crippen molar-refractivity contribution in [3.8, 4) is 0 Å². The van der Waals surface area contributed by atoms with E-state index in [9.17, 15) is 14.7 Å². The largest absolute Gasteiger partial charge is 0.481 e. The first-order valence-corrected chi connectivity index (χ1v) is 8.20. The van der Waals surface area contributed by atoms with Crippen molar-refractivity contribution in [1.82, 2.24) is 5.32 Å². The van der Waals surface area contributed by atoms with Crippen molar-refractivity contribution in [1.29, 1.82) is 0 Å². The number of carbonyl (C=O) groups is 2. The van der Waals surface area contributed by atoms with Crippen molar-refractivity contribution in [2.45, 2.75) is 51.0 Å². The number of hydrogen-bond donors (Lipinski definition) is 2. The van der Waals surface area contributed by atoms with E-state index in [0.29, 0.717) is 18.3 Å². The molecular formula is C16H23NO3. The summed E-state index contributed by atoms with van der Waals surface area (Å²) in [5, 5.41) is 12.4. The van der Waals surface area contributed by atoms with Crippen LogP contribution in [0.4, 0.5) is 0 Å². The monoisotopic (exact) mass is 277 g/mol. The van der Waals surface area contributed by atoms with Crippen LogP contribution in [0.5, 0.6) is 0 Å². The molecule has 2 bridgehead atoms. The molecule has 0 spiro atoms. The van der Waals surface area contributed by atoms with Crippen molar-refractivity contribution in [2.24, 2.45) is 35.5 Å². The van der Waals surface area contributed by atoms with E-state index in [-0.39, 0.29) is 23.8 Å². The van der Waals surface area contributed by atoms with E-state index in [2.05, 4.69) is 5.32 Å². The van der Waals surface area contributed by atoms with Crippen molar-refractivity contribution >= 4 is 11.9 Å². The third kappa shape index (κ3) is 1.80. The Kier molecular flexibility index (Phi) is 2.83. The van der Waals surface area contributed by atoms with E-state index in [1.807, 2.05) is 0 Å². The van der Waals surface area contributed by atoms with Crippen LogP contribution in [0.25, 0.3) is 0 Å². The van der Waals surface area contributed by atoms with Gasteiger partial charge in [-0.25, -0.2) is 0 Å². The zero-order chi connectivity index (χ0) is 13.9. The first-order chi connectivity index (χ1) is 9.66. The number of amides is 1. The molecule has 0 aromatic heterocycles. The second kappa shape index (κ2) is 4.47. The summed E-state index contributed by atoms with van der Waals surface area (Å²) in [7, 11) is 0. The minimum Gasteiger partial charge on any atom is -0.481 e. The van der Waals surface area contributed by atoms with Crippen LogP contribution in [0.3, 0.4) is 0 Å². The highest BCUT2D eigenvalue weighted by Gasteiger charge is 2.67. The van der Waals surface area contributed by atoms with E-state index in [1.54, 1.807) is 0 Å². The van der Waals surface area contributed by atoms with Gasteiger partial charge in [0.2, 0.25) is 5.91 Å². The van der Waals surface area contributed by atoms with Crippen molar-refractivity contribution in [2.75, 3.05) is 0 Å². The van der Waals surface area contributed by atoms with Gasteiger partial charge in [-0.1, -0.05) is 12.8 Å². The predicted octanol–water partition coefficient (Wildman–Crippen LogP) is 2.04. The van der Waals surface area contributed by atoms with Crippen molar-refractivity contribution in [3.63, 3.8) is 0 Å². The summed E-state index contributed by atoms with van der Waals surface area (Å²) < 4.78 is 0. The number of fused-ring (bicyclic) bond motifs is 5. The summed E-state index contributed by atoms with van der Waals surface area (Å²) in [6, 6.07) is -0.132. The molecule has 0 heterocycles. The molecule has 4 saturated carbocycles. The highest BCUT2D eigenvalue weighted by molar-refractivity contribution is 5.84. The quantitative estimate of drug-likeness (QED) is 0.829. The molecule has 0 aromatic carbocycles. The Morgan fingerprint density at radius 1 is 0.950 bits per heavy atom. The second-order valence-electron chi connectivity index (χ2n) is 7.36. The fourth-order valence-electron chi connectivity index (χ4n) is 5.55. The van der Waals surface area contributed by atoms with Gasteiger partial charge in [-0.15, -0.1) is 0 Å². The van der Waals surface area contributed by atoms with Crippen LogP contribution in [-0.2, 0) is 9.59 Å². The number of carboxylic acid groups (broad SMARTS) is 1. The molecule has 4 aliphatic carbocycles. The van der Waals surface area contributed by atoms with E-state index >= 15 is 0 Å². The smallest absolute Gasteiger partial charge is 0.308 e. The maximum atomic E-state index is 12.5. The van der Waals surface area contributed by atoms with Gasteiger partial charge in [0.05, 0.1) is 5.92 Å². The normalized spacial score (nSPS) is 48.7. The van der Waals surface area contributed by atoms with E-state index in [4.69, 9.17) is 0 Å². The molecule has 0 aromatic rings. The van der Waals surface area contributed by atoms with Gasteiger partial charge in [0.1, 0.15) is 0 Å². The molecule has 4 nitrogen and oxygen atoms in total. The summed E-state index contributed by atoms with van der Waals surface area (Å²) in [6.07, 6.45) is 7.54. The molecule has 0 aliphatic heterocycles. The summed E-state index contributed by atoms with van der Waals surface area (Å²) in [6.45, 7) is 0. The fraction of sp³-hybridized carbons (Fsp3) is 0.875. The fourth-order valence-corrected chi connectivity index (χ4v) is 5.55. The summed E-state index contributed by atoms with van der Waals surface area (Å²) in [5.41, 5.74) is 0. The highest BCUT2D eigenvalue weighted by atomic mass is 16.4. The number of hydrogen-bond acceptors (Lipinski definition) is 2. The SMILES string of the molecule is O=C(O)C1CCCCC1NC(=O)C1C2C3CCC(C3)C12. The first-order valence-electron chi connectivity index (χ1n) is 8.20. The summed E-state index contributed by atoms with van der Waals surface area (Å²) in [4.78, 5) is 23.8. The zero-order valence-corrected chi connectivity index (χ0v) is 11.8. The summed E-state index contributed by atoms with van der Waals surface area (Å²) >= 11 is 0. The third-order valence-corrected chi connectivity index (χ3v) is 6.45. The van der Waals surface area contributed by atoms with Gasteiger partial charge < -0.3 is 10.4 Å². The Morgan fingerprint density at radius 3 is 2.25 bits per heavy atom. The molecule has 110 valence electrons. The van der Waals surface area contributed by atoms with Crippen LogP contribution in [0, 0.1) is 35.5 Å².